The van der Waals surface area contributed by atoms with Gasteiger partial charge in [-0.25, -0.2) is 15.0 Å². The molecule has 0 aliphatic rings. The summed E-state index contributed by atoms with van der Waals surface area (Å²) in [7, 11) is 0. The molecule has 0 saturated carbocycles. The molecule has 0 aliphatic carbocycles. The molecule has 0 fully saturated rings. The van der Waals surface area contributed by atoms with Crippen molar-refractivity contribution < 1.29 is 4.79 Å². The lowest BCUT2D eigenvalue weighted by Gasteiger charge is -2.08. The number of hydrogen-bond donors (Lipinski definition) is 1. The number of benzene rings is 2. The predicted octanol–water partition coefficient (Wildman–Crippen LogP) is 4.81. The SMILES string of the molecule is O=C(CCn1c2ccccc2c2nc3ccccc3nc21)Nc1cc(Cl)ccn1. The van der Waals surface area contributed by atoms with Crippen LogP contribution in [0.2, 0.25) is 5.02 Å². The molecule has 0 bridgehead atoms. The third-order valence-electron chi connectivity index (χ3n) is 4.81. The average Bonchev–Trinajstić information content (AvgIpc) is 3.03. The highest BCUT2D eigenvalue weighted by molar-refractivity contribution is 6.30. The van der Waals surface area contributed by atoms with E-state index in [2.05, 4.69) is 14.9 Å². The van der Waals surface area contributed by atoms with E-state index in [-0.39, 0.29) is 12.3 Å². The number of aryl methyl sites for hydroxylation is 1. The second-order valence-corrected chi connectivity index (χ2v) is 7.15. The summed E-state index contributed by atoms with van der Waals surface area (Å²) in [5, 5.41) is 4.34. The van der Waals surface area contributed by atoms with E-state index >= 15 is 0 Å². The van der Waals surface area contributed by atoms with Crippen LogP contribution in [0.25, 0.3) is 33.1 Å². The first-order valence-corrected chi connectivity index (χ1v) is 9.62. The highest BCUT2D eigenvalue weighted by Gasteiger charge is 2.15. The number of anilines is 1. The number of nitrogens with zero attached hydrogens (tertiary/aromatic N) is 4. The number of halogens is 1. The molecule has 142 valence electrons. The third kappa shape index (κ3) is 3.28. The van der Waals surface area contributed by atoms with E-state index in [9.17, 15) is 4.79 Å². The van der Waals surface area contributed by atoms with Gasteiger partial charge in [0.1, 0.15) is 11.3 Å². The molecule has 0 radical (unpaired) electrons. The van der Waals surface area contributed by atoms with Crippen molar-refractivity contribution >= 4 is 56.4 Å². The van der Waals surface area contributed by atoms with Crippen molar-refractivity contribution in [1.82, 2.24) is 19.5 Å². The Morgan fingerprint density at radius 1 is 1.00 bits per heavy atom. The van der Waals surface area contributed by atoms with Gasteiger partial charge in [0.05, 0.1) is 16.6 Å². The van der Waals surface area contributed by atoms with Gasteiger partial charge in [0.25, 0.3) is 0 Å². The molecule has 5 aromatic rings. The van der Waals surface area contributed by atoms with Crippen molar-refractivity contribution in [3.05, 3.63) is 71.9 Å². The van der Waals surface area contributed by atoms with Crippen LogP contribution in [-0.4, -0.2) is 25.4 Å². The van der Waals surface area contributed by atoms with Gasteiger partial charge in [-0.15, -0.1) is 0 Å². The van der Waals surface area contributed by atoms with Crippen LogP contribution in [0.1, 0.15) is 6.42 Å². The van der Waals surface area contributed by atoms with Crippen LogP contribution in [-0.2, 0) is 11.3 Å². The number of carbonyl (C=O) groups excluding carboxylic acids is 1. The maximum Gasteiger partial charge on any atom is 0.227 e. The molecule has 1 N–H and O–H groups in total. The van der Waals surface area contributed by atoms with E-state index < -0.39 is 0 Å². The second-order valence-electron chi connectivity index (χ2n) is 6.71. The zero-order valence-electron chi connectivity index (χ0n) is 15.3. The van der Waals surface area contributed by atoms with Crippen molar-refractivity contribution in [3.8, 4) is 0 Å². The van der Waals surface area contributed by atoms with Crippen molar-refractivity contribution in [3.63, 3.8) is 0 Å². The van der Waals surface area contributed by atoms with Crippen molar-refractivity contribution in [2.24, 2.45) is 0 Å². The minimum absolute atomic E-state index is 0.139. The summed E-state index contributed by atoms with van der Waals surface area (Å²) in [6, 6.07) is 19.1. The lowest BCUT2D eigenvalue weighted by atomic mass is 10.2. The van der Waals surface area contributed by atoms with Gasteiger partial charge in [-0.2, -0.15) is 0 Å². The first-order valence-electron chi connectivity index (χ1n) is 9.24. The monoisotopic (exact) mass is 401 g/mol. The fourth-order valence-electron chi connectivity index (χ4n) is 3.50. The van der Waals surface area contributed by atoms with E-state index in [4.69, 9.17) is 21.6 Å². The fraction of sp³-hybridized carbons (Fsp3) is 0.0909. The Labute approximate surface area is 171 Å². The van der Waals surface area contributed by atoms with E-state index in [0.717, 1.165) is 33.1 Å². The highest BCUT2D eigenvalue weighted by Crippen LogP contribution is 2.28. The smallest absolute Gasteiger partial charge is 0.227 e. The molecule has 3 aromatic heterocycles. The number of rotatable bonds is 4. The number of carbonyl (C=O) groups is 1. The molecular weight excluding hydrogens is 386 g/mol. The molecule has 7 heteroatoms. The maximum absolute atomic E-state index is 12.5. The molecule has 29 heavy (non-hydrogen) atoms. The van der Waals surface area contributed by atoms with Gasteiger partial charge in [0.15, 0.2) is 5.65 Å². The predicted molar refractivity (Wildman–Crippen MR) is 115 cm³/mol. The highest BCUT2D eigenvalue weighted by atomic mass is 35.5. The third-order valence-corrected chi connectivity index (χ3v) is 5.04. The van der Waals surface area contributed by atoms with Crippen LogP contribution >= 0.6 is 11.6 Å². The Balaban J connectivity index is 1.51. The number of pyridine rings is 1. The molecule has 2 aromatic carbocycles. The van der Waals surface area contributed by atoms with Crippen molar-refractivity contribution in [1.29, 1.82) is 0 Å². The minimum Gasteiger partial charge on any atom is -0.323 e. The van der Waals surface area contributed by atoms with E-state index in [1.54, 1.807) is 18.3 Å². The Bertz CT molecular complexity index is 1380. The van der Waals surface area contributed by atoms with Crippen molar-refractivity contribution in [2.45, 2.75) is 13.0 Å². The first-order chi connectivity index (χ1) is 14.2. The van der Waals surface area contributed by atoms with Crippen LogP contribution in [0.4, 0.5) is 5.82 Å². The number of fused-ring (bicyclic) bond motifs is 4. The molecule has 5 rings (SSSR count). The van der Waals surface area contributed by atoms with Gasteiger partial charge < -0.3 is 9.88 Å². The summed E-state index contributed by atoms with van der Waals surface area (Å²) in [5.41, 5.74) is 4.31. The number of nitrogens with one attached hydrogen (secondary N) is 1. The summed E-state index contributed by atoms with van der Waals surface area (Å²) in [6.45, 7) is 0.476. The molecule has 0 spiro atoms. The van der Waals surface area contributed by atoms with Gasteiger partial charge >= 0.3 is 0 Å². The number of amides is 1. The lowest BCUT2D eigenvalue weighted by Crippen LogP contribution is -2.15. The summed E-state index contributed by atoms with van der Waals surface area (Å²) in [6.07, 6.45) is 1.84. The molecule has 0 atom stereocenters. The van der Waals surface area contributed by atoms with Gasteiger partial charge in [0, 0.05) is 29.6 Å². The number of hydrogen-bond acceptors (Lipinski definition) is 4. The maximum atomic E-state index is 12.5. The van der Waals surface area contributed by atoms with Gasteiger partial charge in [-0.05, 0) is 30.3 Å². The quantitative estimate of drug-likeness (QED) is 0.468. The Kier molecular flexibility index (Phi) is 4.33. The Morgan fingerprint density at radius 3 is 2.59 bits per heavy atom. The van der Waals surface area contributed by atoms with Crippen LogP contribution in [0, 0.1) is 0 Å². The zero-order chi connectivity index (χ0) is 19.8. The van der Waals surface area contributed by atoms with Gasteiger partial charge in [0.2, 0.25) is 5.91 Å². The molecule has 6 nitrogen and oxygen atoms in total. The zero-order valence-corrected chi connectivity index (χ0v) is 16.1. The Morgan fingerprint density at radius 2 is 1.76 bits per heavy atom. The van der Waals surface area contributed by atoms with Crippen LogP contribution in [0.3, 0.4) is 0 Å². The fourth-order valence-corrected chi connectivity index (χ4v) is 3.66. The molecule has 1 amide bonds. The van der Waals surface area contributed by atoms with Crippen LogP contribution < -0.4 is 5.32 Å². The van der Waals surface area contributed by atoms with Gasteiger partial charge in [-0.3, -0.25) is 4.79 Å². The minimum atomic E-state index is -0.139. The summed E-state index contributed by atoms with van der Waals surface area (Å²) in [4.78, 5) is 26.2. The summed E-state index contributed by atoms with van der Waals surface area (Å²) < 4.78 is 2.05. The lowest BCUT2D eigenvalue weighted by molar-refractivity contribution is -0.116. The standard InChI is InChI=1S/C22H16ClN5O/c23-14-9-11-24-19(13-14)27-20(29)10-12-28-18-8-4-1-5-15(18)21-22(28)26-17-7-3-2-6-16(17)25-21/h1-9,11,13H,10,12H2,(H,24,27,29). The number of aromatic nitrogens is 4. The molecule has 3 heterocycles. The molecule has 0 saturated heterocycles. The van der Waals surface area contributed by atoms with E-state index in [1.165, 1.54) is 0 Å². The molecular formula is C22H16ClN5O. The van der Waals surface area contributed by atoms with Crippen LogP contribution in [0.5, 0.6) is 0 Å². The van der Waals surface area contributed by atoms with Crippen molar-refractivity contribution in [2.75, 3.05) is 5.32 Å². The largest absolute Gasteiger partial charge is 0.323 e. The second kappa shape index (κ2) is 7.14. The summed E-state index contributed by atoms with van der Waals surface area (Å²) in [5.74, 6) is 0.301. The molecule has 0 aliphatic heterocycles. The average molecular weight is 402 g/mol. The van der Waals surface area contributed by atoms with Crippen LogP contribution in [0.15, 0.2) is 66.9 Å². The topological polar surface area (TPSA) is 72.7 Å². The first kappa shape index (κ1) is 17.6. The summed E-state index contributed by atoms with van der Waals surface area (Å²) >= 11 is 5.95. The normalized spacial score (nSPS) is 11.3. The van der Waals surface area contributed by atoms with E-state index in [0.29, 0.717) is 17.4 Å². The Hall–Kier alpha value is -3.51. The number of para-hydroxylation sites is 3. The van der Waals surface area contributed by atoms with E-state index in [1.807, 2.05) is 48.5 Å². The van der Waals surface area contributed by atoms with Gasteiger partial charge in [-0.1, -0.05) is 41.9 Å². The molecule has 0 unspecified atom stereocenters.